The van der Waals surface area contributed by atoms with E-state index in [0.29, 0.717) is 5.41 Å². The van der Waals surface area contributed by atoms with Crippen molar-refractivity contribution < 1.29 is 4.74 Å². The second-order valence-corrected chi connectivity index (χ2v) is 8.01. The van der Waals surface area contributed by atoms with Gasteiger partial charge in [0.15, 0.2) is 5.96 Å². The van der Waals surface area contributed by atoms with E-state index < -0.39 is 0 Å². The first-order valence-electron chi connectivity index (χ1n) is 10.6. The van der Waals surface area contributed by atoms with E-state index in [1.807, 2.05) is 7.05 Å². The fraction of sp³-hybridized carbons (Fsp3) is 0.950. The molecule has 1 aliphatic heterocycles. The number of nitrogens with zero attached hydrogens (tertiary/aromatic N) is 3. The Bertz CT molecular complexity index is 415. The molecule has 1 aliphatic carbocycles. The van der Waals surface area contributed by atoms with E-state index in [1.165, 1.54) is 58.3 Å². The summed E-state index contributed by atoms with van der Waals surface area (Å²) in [5.41, 5.74) is 0.391. The number of rotatable bonds is 9. The third-order valence-electron chi connectivity index (χ3n) is 6.03. The van der Waals surface area contributed by atoms with E-state index in [0.717, 1.165) is 45.2 Å². The molecule has 0 radical (unpaired) electrons. The predicted molar refractivity (Wildman–Crippen MR) is 125 cm³/mol. The fourth-order valence-corrected chi connectivity index (χ4v) is 4.22. The van der Waals surface area contributed by atoms with Crippen LogP contribution >= 0.6 is 24.0 Å². The van der Waals surface area contributed by atoms with E-state index >= 15 is 0 Å². The molecule has 0 aromatic rings. The van der Waals surface area contributed by atoms with Crippen LogP contribution in [0.15, 0.2) is 4.99 Å². The van der Waals surface area contributed by atoms with Crippen LogP contribution < -0.4 is 10.6 Å². The Labute approximate surface area is 183 Å². The van der Waals surface area contributed by atoms with Crippen molar-refractivity contribution in [3.63, 3.8) is 0 Å². The molecule has 2 rings (SSSR count). The lowest BCUT2D eigenvalue weighted by Gasteiger charge is -2.30. The Morgan fingerprint density at radius 2 is 1.85 bits per heavy atom. The Morgan fingerprint density at radius 3 is 2.56 bits per heavy atom. The van der Waals surface area contributed by atoms with Crippen molar-refractivity contribution in [1.82, 2.24) is 20.4 Å². The molecule has 160 valence electrons. The number of likely N-dealkylation sites (N-methyl/N-ethyl adjacent to an activating group) is 1. The van der Waals surface area contributed by atoms with Gasteiger partial charge in [0.1, 0.15) is 0 Å². The molecule has 0 aromatic carbocycles. The highest BCUT2D eigenvalue weighted by atomic mass is 127. The summed E-state index contributed by atoms with van der Waals surface area (Å²) in [6, 6.07) is 0. The van der Waals surface area contributed by atoms with Crippen LogP contribution in [-0.2, 0) is 4.74 Å². The molecule has 6 nitrogen and oxygen atoms in total. The van der Waals surface area contributed by atoms with Gasteiger partial charge in [-0.1, -0.05) is 12.8 Å². The summed E-state index contributed by atoms with van der Waals surface area (Å²) in [6.07, 6.45) is 7.75. The number of aliphatic imine (C=N–C) groups is 1. The first-order chi connectivity index (χ1) is 12.7. The van der Waals surface area contributed by atoms with Gasteiger partial charge in [-0.25, -0.2) is 0 Å². The fourth-order valence-electron chi connectivity index (χ4n) is 4.22. The quantitative estimate of drug-likeness (QED) is 0.223. The Balaban J connectivity index is 0.00000364. The number of nitrogens with one attached hydrogen (secondary N) is 2. The van der Waals surface area contributed by atoms with Gasteiger partial charge in [0.25, 0.3) is 0 Å². The molecule has 0 amide bonds. The summed E-state index contributed by atoms with van der Waals surface area (Å²) in [5, 5.41) is 7.10. The highest BCUT2D eigenvalue weighted by molar-refractivity contribution is 14.0. The summed E-state index contributed by atoms with van der Waals surface area (Å²) in [4.78, 5) is 9.41. The van der Waals surface area contributed by atoms with Gasteiger partial charge in [-0.2, -0.15) is 0 Å². The van der Waals surface area contributed by atoms with E-state index in [-0.39, 0.29) is 24.0 Å². The topological polar surface area (TPSA) is 52.1 Å². The van der Waals surface area contributed by atoms with Gasteiger partial charge in [0, 0.05) is 53.0 Å². The minimum absolute atomic E-state index is 0. The Hall–Kier alpha value is -0.120. The summed E-state index contributed by atoms with van der Waals surface area (Å²) in [5.74, 6) is 0.944. The molecule has 1 saturated heterocycles. The van der Waals surface area contributed by atoms with Crippen LogP contribution in [0.1, 0.15) is 45.4 Å². The maximum atomic E-state index is 5.62. The zero-order chi connectivity index (χ0) is 18.7. The third kappa shape index (κ3) is 9.28. The van der Waals surface area contributed by atoms with Crippen molar-refractivity contribution in [2.24, 2.45) is 10.4 Å². The minimum atomic E-state index is 0. The molecule has 0 bridgehead atoms. The molecule has 2 aliphatic rings. The van der Waals surface area contributed by atoms with E-state index in [9.17, 15) is 0 Å². The minimum Gasteiger partial charge on any atom is -0.382 e. The average Bonchev–Trinajstić information content (AvgIpc) is 3.01. The highest BCUT2D eigenvalue weighted by Crippen LogP contribution is 2.40. The molecule has 7 heteroatoms. The number of guanidine groups is 1. The van der Waals surface area contributed by atoms with Gasteiger partial charge in [-0.15, -0.1) is 24.0 Å². The van der Waals surface area contributed by atoms with Crippen molar-refractivity contribution in [3.05, 3.63) is 0 Å². The van der Waals surface area contributed by atoms with Gasteiger partial charge >= 0.3 is 0 Å². The predicted octanol–water partition coefficient (Wildman–Crippen LogP) is 2.39. The average molecular weight is 495 g/mol. The maximum Gasteiger partial charge on any atom is 0.191 e. The van der Waals surface area contributed by atoms with Crippen LogP contribution in [0.5, 0.6) is 0 Å². The number of hydrogen-bond donors (Lipinski definition) is 2. The van der Waals surface area contributed by atoms with Crippen LogP contribution in [0.3, 0.4) is 0 Å². The van der Waals surface area contributed by atoms with Crippen molar-refractivity contribution in [2.75, 3.05) is 73.1 Å². The molecule has 1 heterocycles. The second kappa shape index (κ2) is 14.0. The molecule has 2 fully saturated rings. The van der Waals surface area contributed by atoms with Crippen LogP contribution in [0, 0.1) is 5.41 Å². The summed E-state index contributed by atoms with van der Waals surface area (Å²) >= 11 is 0. The second-order valence-electron chi connectivity index (χ2n) is 8.01. The lowest BCUT2D eigenvalue weighted by molar-refractivity contribution is 0.105. The van der Waals surface area contributed by atoms with Crippen molar-refractivity contribution >= 4 is 29.9 Å². The third-order valence-corrected chi connectivity index (χ3v) is 6.03. The van der Waals surface area contributed by atoms with Gasteiger partial charge in [0.05, 0.1) is 0 Å². The monoisotopic (exact) mass is 495 g/mol. The normalized spacial score (nSPS) is 21.5. The number of ether oxygens (including phenoxy) is 1. The first kappa shape index (κ1) is 24.9. The first-order valence-corrected chi connectivity index (χ1v) is 10.6. The van der Waals surface area contributed by atoms with Crippen LogP contribution in [-0.4, -0.2) is 88.9 Å². The summed E-state index contributed by atoms with van der Waals surface area (Å²) in [7, 11) is 4.09. The Kier molecular flexibility index (Phi) is 12.9. The molecule has 27 heavy (non-hydrogen) atoms. The smallest absolute Gasteiger partial charge is 0.191 e. The molecule has 1 saturated carbocycles. The zero-order valence-corrected chi connectivity index (χ0v) is 20.1. The standard InChI is InChI=1S/C20H41N5O.HI/c1-4-26-17-10-20(8-5-6-9-20)18-23-19(21-2)22-11-14-25-13-7-12-24(3)15-16-25;/h4-18H2,1-3H3,(H2,21,22,23);1H. The van der Waals surface area contributed by atoms with E-state index in [1.54, 1.807) is 0 Å². The molecule has 2 N–H and O–H groups in total. The lowest BCUT2D eigenvalue weighted by atomic mass is 9.83. The summed E-state index contributed by atoms with van der Waals surface area (Å²) in [6.45, 7) is 11.6. The van der Waals surface area contributed by atoms with Crippen LogP contribution in [0.25, 0.3) is 0 Å². The molecule has 0 aromatic heterocycles. The zero-order valence-electron chi connectivity index (χ0n) is 17.8. The number of halogens is 1. The van der Waals surface area contributed by atoms with Gasteiger partial charge in [-0.05, 0) is 58.2 Å². The molecular weight excluding hydrogens is 453 g/mol. The molecule has 0 spiro atoms. The maximum absolute atomic E-state index is 5.62. The van der Waals surface area contributed by atoms with Crippen molar-refractivity contribution in [2.45, 2.75) is 45.4 Å². The van der Waals surface area contributed by atoms with Crippen molar-refractivity contribution in [1.29, 1.82) is 0 Å². The SMILES string of the molecule is CCOCCC1(CNC(=NC)NCCN2CCCN(C)CC2)CCCC1.I. The van der Waals surface area contributed by atoms with Crippen LogP contribution in [0.2, 0.25) is 0 Å². The van der Waals surface area contributed by atoms with E-state index in [4.69, 9.17) is 4.74 Å². The van der Waals surface area contributed by atoms with E-state index in [2.05, 4.69) is 39.4 Å². The van der Waals surface area contributed by atoms with Crippen LogP contribution in [0.4, 0.5) is 0 Å². The van der Waals surface area contributed by atoms with Gasteiger partial charge in [0.2, 0.25) is 0 Å². The molecule has 0 atom stereocenters. The highest BCUT2D eigenvalue weighted by Gasteiger charge is 2.33. The van der Waals surface area contributed by atoms with Crippen molar-refractivity contribution in [3.8, 4) is 0 Å². The van der Waals surface area contributed by atoms with Gasteiger partial charge < -0.3 is 25.2 Å². The molecule has 0 unspecified atom stereocenters. The Morgan fingerprint density at radius 1 is 1.07 bits per heavy atom. The molecular formula is C20H42IN5O. The largest absolute Gasteiger partial charge is 0.382 e. The summed E-state index contributed by atoms with van der Waals surface area (Å²) < 4.78 is 5.62. The number of hydrogen-bond acceptors (Lipinski definition) is 4. The van der Waals surface area contributed by atoms with Gasteiger partial charge in [-0.3, -0.25) is 4.99 Å². The lowest BCUT2D eigenvalue weighted by Crippen LogP contribution is -2.45.